The van der Waals surface area contributed by atoms with Gasteiger partial charge in [-0.1, -0.05) is 37.6 Å². The molecule has 196 valence electrons. The summed E-state index contributed by atoms with van der Waals surface area (Å²) in [6.07, 6.45) is 10.0. The van der Waals surface area contributed by atoms with Crippen molar-refractivity contribution in [1.29, 1.82) is 0 Å². The zero-order valence-corrected chi connectivity index (χ0v) is 22.5. The third kappa shape index (κ3) is 6.20. The SMILES string of the molecule is CCCCNc1ncc2c(-c3ccc(CN4CCN(C)CC4)cc3)cn(C3CCC(O)CC3)c2n1.Cl. The number of nitrogens with zero attached hydrogens (tertiary/aromatic N) is 5. The van der Waals surface area contributed by atoms with E-state index in [9.17, 15) is 5.11 Å². The lowest BCUT2D eigenvalue weighted by molar-refractivity contribution is 0.111. The lowest BCUT2D eigenvalue weighted by Crippen LogP contribution is -2.43. The number of likely N-dealkylation sites (N-methyl/N-ethyl adjacent to an activating group) is 1. The summed E-state index contributed by atoms with van der Waals surface area (Å²) in [5.41, 5.74) is 4.76. The van der Waals surface area contributed by atoms with E-state index in [0.29, 0.717) is 12.0 Å². The first kappa shape index (κ1) is 26.9. The van der Waals surface area contributed by atoms with Crippen molar-refractivity contribution < 1.29 is 5.11 Å². The van der Waals surface area contributed by atoms with Crippen LogP contribution >= 0.6 is 12.4 Å². The number of aromatic nitrogens is 3. The number of rotatable bonds is 8. The lowest BCUT2D eigenvalue weighted by Gasteiger charge is -2.32. The molecule has 1 aliphatic carbocycles. The van der Waals surface area contributed by atoms with Crippen molar-refractivity contribution >= 4 is 29.4 Å². The van der Waals surface area contributed by atoms with Gasteiger partial charge in [-0.3, -0.25) is 4.90 Å². The Kier molecular flexibility index (Phi) is 9.23. The number of hydrogen-bond donors (Lipinski definition) is 2. The van der Waals surface area contributed by atoms with Crippen LogP contribution in [-0.4, -0.2) is 75.3 Å². The molecule has 1 aromatic carbocycles. The maximum Gasteiger partial charge on any atom is 0.224 e. The van der Waals surface area contributed by atoms with E-state index >= 15 is 0 Å². The highest BCUT2D eigenvalue weighted by molar-refractivity contribution is 5.94. The second-order valence-corrected chi connectivity index (χ2v) is 10.4. The van der Waals surface area contributed by atoms with Gasteiger partial charge in [-0.25, -0.2) is 4.98 Å². The number of aliphatic hydroxyl groups excluding tert-OH is 1. The van der Waals surface area contributed by atoms with Crippen LogP contribution in [0.4, 0.5) is 5.95 Å². The molecule has 2 fully saturated rings. The summed E-state index contributed by atoms with van der Waals surface area (Å²) in [4.78, 5) is 14.5. The van der Waals surface area contributed by atoms with E-state index in [-0.39, 0.29) is 18.5 Å². The van der Waals surface area contributed by atoms with E-state index in [1.807, 2.05) is 6.20 Å². The summed E-state index contributed by atoms with van der Waals surface area (Å²) in [6.45, 7) is 8.64. The molecule has 1 saturated carbocycles. The normalized spacial score (nSPS) is 21.4. The highest BCUT2D eigenvalue weighted by atomic mass is 35.5. The van der Waals surface area contributed by atoms with Crippen molar-refractivity contribution in [3.05, 3.63) is 42.2 Å². The van der Waals surface area contributed by atoms with Gasteiger partial charge in [0.05, 0.1) is 6.10 Å². The maximum atomic E-state index is 10.0. The van der Waals surface area contributed by atoms with Crippen LogP contribution in [0.3, 0.4) is 0 Å². The molecule has 7 nitrogen and oxygen atoms in total. The van der Waals surface area contributed by atoms with Crippen LogP contribution in [0.25, 0.3) is 22.2 Å². The average molecular weight is 513 g/mol. The second kappa shape index (κ2) is 12.4. The Hall–Kier alpha value is -2.19. The molecule has 2 N–H and O–H groups in total. The minimum Gasteiger partial charge on any atom is -0.393 e. The Morgan fingerprint density at radius 3 is 2.44 bits per heavy atom. The Morgan fingerprint density at radius 1 is 1.03 bits per heavy atom. The van der Waals surface area contributed by atoms with Crippen molar-refractivity contribution in [2.75, 3.05) is 45.1 Å². The summed E-state index contributed by atoms with van der Waals surface area (Å²) < 4.78 is 2.35. The number of fused-ring (bicyclic) bond motifs is 1. The van der Waals surface area contributed by atoms with Gasteiger partial charge >= 0.3 is 0 Å². The van der Waals surface area contributed by atoms with E-state index < -0.39 is 0 Å². The molecular formula is C28H41ClN6O. The molecule has 0 atom stereocenters. The Balaban J connectivity index is 0.00000304. The van der Waals surface area contributed by atoms with Gasteiger partial charge in [-0.2, -0.15) is 4.98 Å². The van der Waals surface area contributed by atoms with Crippen LogP contribution < -0.4 is 5.32 Å². The maximum absolute atomic E-state index is 10.0. The third-order valence-corrected chi connectivity index (χ3v) is 7.71. The molecular weight excluding hydrogens is 472 g/mol. The van der Waals surface area contributed by atoms with Crippen LogP contribution in [0.1, 0.15) is 57.1 Å². The van der Waals surface area contributed by atoms with Gasteiger partial charge in [0.15, 0.2) is 0 Å². The number of aliphatic hydroxyl groups is 1. The molecule has 2 aliphatic rings. The van der Waals surface area contributed by atoms with Gasteiger partial charge in [0.1, 0.15) is 5.65 Å². The number of hydrogen-bond acceptors (Lipinski definition) is 6. The number of halogens is 1. The molecule has 2 aromatic heterocycles. The van der Waals surface area contributed by atoms with Gasteiger partial charge in [0.2, 0.25) is 5.95 Å². The Bertz CT molecular complexity index is 1100. The number of benzene rings is 1. The van der Waals surface area contributed by atoms with Gasteiger partial charge in [-0.05, 0) is 50.3 Å². The first-order valence-corrected chi connectivity index (χ1v) is 13.4. The first-order valence-electron chi connectivity index (χ1n) is 13.4. The summed E-state index contributed by atoms with van der Waals surface area (Å²) in [5, 5.41) is 14.5. The highest BCUT2D eigenvalue weighted by Crippen LogP contribution is 2.36. The number of nitrogens with one attached hydrogen (secondary N) is 1. The number of unbranched alkanes of at least 4 members (excludes halogenated alkanes) is 1. The van der Waals surface area contributed by atoms with E-state index in [2.05, 4.69) is 69.1 Å². The summed E-state index contributed by atoms with van der Waals surface area (Å²) in [7, 11) is 2.20. The third-order valence-electron chi connectivity index (χ3n) is 7.71. The van der Waals surface area contributed by atoms with Crippen LogP contribution in [0.5, 0.6) is 0 Å². The minimum atomic E-state index is -0.165. The molecule has 1 saturated heterocycles. The zero-order chi connectivity index (χ0) is 24.2. The molecule has 5 rings (SSSR count). The fourth-order valence-corrected chi connectivity index (χ4v) is 5.39. The topological polar surface area (TPSA) is 69.5 Å². The second-order valence-electron chi connectivity index (χ2n) is 10.4. The quantitative estimate of drug-likeness (QED) is 0.416. The van der Waals surface area contributed by atoms with Gasteiger partial charge < -0.3 is 19.9 Å². The lowest BCUT2D eigenvalue weighted by atomic mass is 9.93. The smallest absolute Gasteiger partial charge is 0.224 e. The van der Waals surface area contributed by atoms with E-state index in [1.165, 1.54) is 16.7 Å². The zero-order valence-electron chi connectivity index (χ0n) is 21.7. The van der Waals surface area contributed by atoms with Crippen molar-refractivity contribution in [2.45, 2.75) is 64.1 Å². The highest BCUT2D eigenvalue weighted by Gasteiger charge is 2.24. The van der Waals surface area contributed by atoms with Gasteiger partial charge in [0, 0.05) is 68.7 Å². The van der Waals surface area contributed by atoms with Crippen molar-refractivity contribution in [3.63, 3.8) is 0 Å². The fraction of sp³-hybridized carbons (Fsp3) is 0.571. The van der Waals surface area contributed by atoms with Crippen LogP contribution in [0, 0.1) is 0 Å². The molecule has 0 radical (unpaired) electrons. The van der Waals surface area contributed by atoms with E-state index in [1.54, 1.807) is 0 Å². The molecule has 1 aliphatic heterocycles. The monoisotopic (exact) mass is 512 g/mol. The van der Waals surface area contributed by atoms with Gasteiger partial charge in [-0.15, -0.1) is 12.4 Å². The first-order chi connectivity index (χ1) is 17.1. The van der Waals surface area contributed by atoms with E-state index in [4.69, 9.17) is 4.98 Å². The van der Waals surface area contributed by atoms with Crippen molar-refractivity contribution in [2.24, 2.45) is 0 Å². The van der Waals surface area contributed by atoms with Crippen molar-refractivity contribution in [1.82, 2.24) is 24.3 Å². The number of anilines is 1. The molecule has 0 bridgehead atoms. The van der Waals surface area contributed by atoms with Crippen LogP contribution in [-0.2, 0) is 6.54 Å². The predicted molar refractivity (Wildman–Crippen MR) is 150 cm³/mol. The molecule has 36 heavy (non-hydrogen) atoms. The molecule has 8 heteroatoms. The molecule has 3 aromatic rings. The molecule has 0 unspecified atom stereocenters. The minimum absolute atomic E-state index is 0. The largest absolute Gasteiger partial charge is 0.393 e. The summed E-state index contributed by atoms with van der Waals surface area (Å²) in [5.74, 6) is 0.704. The van der Waals surface area contributed by atoms with E-state index in [0.717, 1.165) is 88.8 Å². The number of piperazine rings is 1. The Morgan fingerprint density at radius 2 is 1.75 bits per heavy atom. The molecule has 0 amide bonds. The van der Waals surface area contributed by atoms with Crippen LogP contribution in [0.2, 0.25) is 0 Å². The van der Waals surface area contributed by atoms with Gasteiger partial charge in [0.25, 0.3) is 0 Å². The average Bonchev–Trinajstić information content (AvgIpc) is 3.25. The van der Waals surface area contributed by atoms with Crippen molar-refractivity contribution in [3.8, 4) is 11.1 Å². The summed E-state index contributed by atoms with van der Waals surface area (Å²) in [6, 6.07) is 9.42. The summed E-state index contributed by atoms with van der Waals surface area (Å²) >= 11 is 0. The van der Waals surface area contributed by atoms with Crippen LogP contribution in [0.15, 0.2) is 36.7 Å². The molecule has 3 heterocycles. The fourth-order valence-electron chi connectivity index (χ4n) is 5.39. The Labute approximate surface area is 221 Å². The predicted octanol–water partition coefficient (Wildman–Crippen LogP) is 4.96. The molecule has 0 spiro atoms. The standard InChI is InChI=1S/C28H40N6O.ClH/c1-3-4-13-29-28-30-18-25-26(20-34(27(25)31-28)23-9-11-24(35)12-10-23)22-7-5-21(6-8-22)19-33-16-14-32(2)15-17-33;/h5-8,18,20,23-24,35H,3-4,9-17,19H2,1-2H3,(H,29,30,31);1H.